The Hall–Kier alpha value is -2.35. The van der Waals surface area contributed by atoms with Gasteiger partial charge in [-0.25, -0.2) is 9.78 Å². The fourth-order valence-corrected chi connectivity index (χ4v) is 4.25. The molecule has 1 saturated carbocycles. The summed E-state index contributed by atoms with van der Waals surface area (Å²) in [4.78, 5) is 29.6. The zero-order valence-corrected chi connectivity index (χ0v) is 19.3. The number of carbonyl (C=O) groups excluding carboxylic acids is 2. The first-order valence-electron chi connectivity index (χ1n) is 11.8. The number of nitrogens with one attached hydrogen (secondary N) is 1. The molecular weight excluding hydrogens is 412 g/mol. The van der Waals surface area contributed by atoms with Crippen molar-refractivity contribution in [2.45, 2.75) is 83.5 Å². The first kappa shape index (κ1) is 24.3. The lowest BCUT2D eigenvalue weighted by Gasteiger charge is -2.31. The molecule has 2 fully saturated rings. The van der Waals surface area contributed by atoms with Gasteiger partial charge in [0.05, 0.1) is 13.2 Å². The molecule has 1 aliphatic heterocycles. The molecule has 3 rings (SSSR count). The second-order valence-corrected chi connectivity index (χ2v) is 8.93. The van der Waals surface area contributed by atoms with Gasteiger partial charge < -0.3 is 24.6 Å². The Balaban J connectivity index is 1.70. The molecule has 1 saturated heterocycles. The van der Waals surface area contributed by atoms with Crippen LogP contribution in [-0.2, 0) is 14.3 Å². The molecule has 8 nitrogen and oxygen atoms in total. The number of methoxy groups -OCH3 is 1. The molecule has 1 aliphatic carbocycles. The van der Waals surface area contributed by atoms with Crippen molar-refractivity contribution in [3.63, 3.8) is 0 Å². The molecule has 2 heterocycles. The summed E-state index contributed by atoms with van der Waals surface area (Å²) in [5, 5.41) is 12.9. The molecule has 1 aromatic rings. The summed E-state index contributed by atoms with van der Waals surface area (Å²) in [6, 6.07) is 0.645. The van der Waals surface area contributed by atoms with Gasteiger partial charge in [0.1, 0.15) is 12.1 Å². The number of esters is 1. The topological polar surface area (TPSA) is 107 Å². The van der Waals surface area contributed by atoms with E-state index in [1.807, 2.05) is 6.92 Å². The van der Waals surface area contributed by atoms with Crippen LogP contribution in [0.5, 0.6) is 11.5 Å². The number of amides is 1. The number of aromatic hydroxyl groups is 1. The van der Waals surface area contributed by atoms with Crippen molar-refractivity contribution in [3.05, 3.63) is 18.0 Å². The van der Waals surface area contributed by atoms with E-state index in [1.165, 1.54) is 32.2 Å². The van der Waals surface area contributed by atoms with Crippen LogP contribution in [0.4, 0.5) is 0 Å². The van der Waals surface area contributed by atoms with Crippen molar-refractivity contribution in [2.75, 3.05) is 13.7 Å². The lowest BCUT2D eigenvalue weighted by molar-refractivity contribution is -0.156. The van der Waals surface area contributed by atoms with E-state index in [0.29, 0.717) is 12.3 Å². The van der Waals surface area contributed by atoms with E-state index in [0.717, 1.165) is 38.7 Å². The maximum atomic E-state index is 12.9. The minimum absolute atomic E-state index is 0.0449. The van der Waals surface area contributed by atoms with Crippen LogP contribution in [0.3, 0.4) is 0 Å². The second-order valence-electron chi connectivity index (χ2n) is 8.93. The summed E-state index contributed by atoms with van der Waals surface area (Å²) < 4.78 is 17.2. The molecule has 0 radical (unpaired) electrons. The van der Waals surface area contributed by atoms with Gasteiger partial charge in [0, 0.05) is 24.8 Å². The molecule has 8 heteroatoms. The number of carbonyl (C=O) groups is 2. The predicted octanol–water partition coefficient (Wildman–Crippen LogP) is 3.61. The Bertz CT molecular complexity index is 782. The number of aromatic nitrogens is 1. The van der Waals surface area contributed by atoms with Gasteiger partial charge >= 0.3 is 5.97 Å². The first-order chi connectivity index (χ1) is 15.4. The summed E-state index contributed by atoms with van der Waals surface area (Å²) in [5.41, 5.74) is -0.184. The van der Waals surface area contributed by atoms with E-state index in [1.54, 1.807) is 0 Å². The SMILES string of the molecule is CCCC[C@H]1[C@H](C)OC(=O)[C@@H](NC(=O)c2nccc(OC)c2O)CCC[C@@H]1OCC1CC1. The van der Waals surface area contributed by atoms with E-state index in [2.05, 4.69) is 17.2 Å². The van der Waals surface area contributed by atoms with Crippen LogP contribution in [0.2, 0.25) is 0 Å². The highest BCUT2D eigenvalue weighted by atomic mass is 16.5. The van der Waals surface area contributed by atoms with Crippen LogP contribution in [0.25, 0.3) is 0 Å². The summed E-state index contributed by atoms with van der Waals surface area (Å²) in [5.74, 6) is -0.508. The maximum Gasteiger partial charge on any atom is 0.328 e. The van der Waals surface area contributed by atoms with Gasteiger partial charge in [-0.15, -0.1) is 0 Å². The van der Waals surface area contributed by atoms with E-state index in [9.17, 15) is 14.7 Å². The van der Waals surface area contributed by atoms with Crippen molar-refractivity contribution < 1.29 is 28.9 Å². The van der Waals surface area contributed by atoms with Crippen LogP contribution in [0.1, 0.15) is 75.7 Å². The zero-order chi connectivity index (χ0) is 23.1. The number of hydrogen-bond acceptors (Lipinski definition) is 7. The molecule has 0 unspecified atom stereocenters. The van der Waals surface area contributed by atoms with Crippen molar-refractivity contribution >= 4 is 11.9 Å². The highest BCUT2D eigenvalue weighted by Crippen LogP contribution is 2.33. The fourth-order valence-electron chi connectivity index (χ4n) is 4.25. The number of cyclic esters (lactones) is 1. The minimum atomic E-state index is -0.814. The van der Waals surface area contributed by atoms with Gasteiger partial charge in [-0.1, -0.05) is 19.8 Å². The monoisotopic (exact) mass is 448 g/mol. The van der Waals surface area contributed by atoms with Crippen molar-refractivity contribution in [3.8, 4) is 11.5 Å². The molecule has 0 bridgehead atoms. The predicted molar refractivity (Wildman–Crippen MR) is 119 cm³/mol. The van der Waals surface area contributed by atoms with Gasteiger partial charge in [0.25, 0.3) is 5.91 Å². The molecule has 4 atom stereocenters. The van der Waals surface area contributed by atoms with Gasteiger partial charge in [0.15, 0.2) is 17.2 Å². The normalized spacial score (nSPS) is 26.4. The standard InChI is InChI=1S/C24H36N2O6/c1-4-5-7-17-15(2)32-24(29)18(8-6-9-19(17)31-14-16-10-11-16)26-23(28)21-22(27)20(30-3)12-13-25-21/h12-13,15-19,27H,4-11,14H2,1-3H3,(H,26,28)/t15-,17-,18-,19-/m0/s1. The molecule has 0 spiro atoms. The quantitative estimate of drug-likeness (QED) is 0.556. The molecule has 1 aromatic heterocycles. The van der Waals surface area contributed by atoms with E-state index < -0.39 is 17.9 Å². The Morgan fingerprint density at radius 2 is 2.09 bits per heavy atom. The van der Waals surface area contributed by atoms with E-state index in [4.69, 9.17) is 14.2 Å². The van der Waals surface area contributed by atoms with Crippen LogP contribution >= 0.6 is 0 Å². The number of hydrogen-bond donors (Lipinski definition) is 2. The minimum Gasteiger partial charge on any atom is -0.503 e. The Labute approximate surface area is 190 Å². The van der Waals surface area contributed by atoms with Gasteiger partial charge in [-0.05, 0) is 51.4 Å². The molecule has 178 valence electrons. The van der Waals surface area contributed by atoms with E-state index in [-0.39, 0.29) is 35.3 Å². The molecule has 32 heavy (non-hydrogen) atoms. The summed E-state index contributed by atoms with van der Waals surface area (Å²) in [6.45, 7) is 4.85. The number of pyridine rings is 1. The summed E-state index contributed by atoms with van der Waals surface area (Å²) in [6.07, 6.45) is 8.62. The first-order valence-corrected chi connectivity index (χ1v) is 11.8. The third kappa shape index (κ3) is 6.34. The maximum absolute atomic E-state index is 12.9. The van der Waals surface area contributed by atoms with Crippen LogP contribution in [-0.4, -0.2) is 53.9 Å². The lowest BCUT2D eigenvalue weighted by atomic mass is 9.88. The Morgan fingerprint density at radius 1 is 1.31 bits per heavy atom. The number of rotatable bonds is 9. The average molecular weight is 449 g/mol. The number of nitrogens with zero attached hydrogens (tertiary/aromatic N) is 1. The highest BCUT2D eigenvalue weighted by Gasteiger charge is 2.36. The van der Waals surface area contributed by atoms with Crippen LogP contribution < -0.4 is 10.1 Å². The molecule has 2 N–H and O–H groups in total. The van der Waals surface area contributed by atoms with Crippen molar-refractivity contribution in [2.24, 2.45) is 11.8 Å². The third-order valence-corrected chi connectivity index (χ3v) is 6.41. The average Bonchev–Trinajstić information content (AvgIpc) is 3.60. The summed E-state index contributed by atoms with van der Waals surface area (Å²) >= 11 is 0. The molecule has 1 amide bonds. The van der Waals surface area contributed by atoms with Gasteiger partial charge in [-0.2, -0.15) is 0 Å². The lowest BCUT2D eigenvalue weighted by Crippen LogP contribution is -2.43. The van der Waals surface area contributed by atoms with Crippen LogP contribution in [0, 0.1) is 11.8 Å². The highest BCUT2D eigenvalue weighted by molar-refractivity contribution is 5.97. The largest absolute Gasteiger partial charge is 0.503 e. The molecular formula is C24H36N2O6. The third-order valence-electron chi connectivity index (χ3n) is 6.41. The smallest absolute Gasteiger partial charge is 0.328 e. The number of ether oxygens (including phenoxy) is 3. The van der Waals surface area contributed by atoms with E-state index >= 15 is 0 Å². The fraction of sp³-hybridized carbons (Fsp3) is 0.708. The molecule has 0 aromatic carbocycles. The Kier molecular flexibility index (Phi) is 8.73. The van der Waals surface area contributed by atoms with Crippen molar-refractivity contribution in [1.29, 1.82) is 0 Å². The number of unbranched alkanes of at least 4 members (excludes halogenated alkanes) is 1. The van der Waals surface area contributed by atoms with Crippen molar-refractivity contribution in [1.82, 2.24) is 10.3 Å². The second kappa shape index (κ2) is 11.5. The zero-order valence-electron chi connectivity index (χ0n) is 19.3. The van der Waals surface area contributed by atoms with Gasteiger partial charge in [0.2, 0.25) is 0 Å². The summed E-state index contributed by atoms with van der Waals surface area (Å²) in [7, 11) is 1.39. The Morgan fingerprint density at radius 3 is 2.78 bits per heavy atom. The van der Waals surface area contributed by atoms with Crippen LogP contribution in [0.15, 0.2) is 12.3 Å². The van der Waals surface area contributed by atoms with Gasteiger partial charge in [-0.3, -0.25) is 4.79 Å². The molecule has 2 aliphatic rings.